The summed E-state index contributed by atoms with van der Waals surface area (Å²) in [7, 11) is 0. The molecule has 0 saturated carbocycles. The molecule has 1 aromatic rings. The lowest BCUT2D eigenvalue weighted by atomic mass is 10.1. The zero-order valence-electron chi connectivity index (χ0n) is 9.90. The first kappa shape index (κ1) is 13.0. The Balaban J connectivity index is 2.43. The quantitative estimate of drug-likeness (QED) is 0.717. The van der Waals surface area contributed by atoms with E-state index in [0.717, 1.165) is 0 Å². The van der Waals surface area contributed by atoms with Gasteiger partial charge in [-0.2, -0.15) is 0 Å². The fourth-order valence-corrected chi connectivity index (χ4v) is 1.02. The van der Waals surface area contributed by atoms with E-state index in [1.807, 2.05) is 0 Å². The van der Waals surface area contributed by atoms with Crippen LogP contribution < -0.4 is 10.6 Å². The molecule has 94 valence electrons. The van der Waals surface area contributed by atoms with Crippen LogP contribution in [-0.2, 0) is 11.3 Å². The Bertz CT molecular complexity index is 425. The van der Waals surface area contributed by atoms with E-state index in [0.29, 0.717) is 11.7 Å². The molecule has 0 spiro atoms. The Morgan fingerprint density at radius 1 is 1.53 bits per heavy atom. The van der Waals surface area contributed by atoms with Crippen LogP contribution in [0.5, 0.6) is 0 Å². The van der Waals surface area contributed by atoms with E-state index < -0.39 is 17.5 Å². The van der Waals surface area contributed by atoms with Crippen molar-refractivity contribution < 1.29 is 19.1 Å². The second-order valence-corrected chi connectivity index (χ2v) is 4.10. The van der Waals surface area contributed by atoms with E-state index in [2.05, 4.69) is 15.6 Å². The minimum atomic E-state index is -1.32. The van der Waals surface area contributed by atoms with Gasteiger partial charge in [-0.3, -0.25) is 0 Å². The SMILES string of the molecule is Cc1cnc(CNC(=O)NC(C)(C)C(=O)O)o1. The second-order valence-electron chi connectivity index (χ2n) is 4.10. The number of amides is 2. The number of aliphatic carboxylic acids is 1. The van der Waals surface area contributed by atoms with Crippen LogP contribution >= 0.6 is 0 Å². The van der Waals surface area contributed by atoms with Crippen molar-refractivity contribution in [2.45, 2.75) is 32.9 Å². The van der Waals surface area contributed by atoms with Crippen LogP contribution in [0.1, 0.15) is 25.5 Å². The van der Waals surface area contributed by atoms with Crippen LogP contribution in [0.3, 0.4) is 0 Å². The zero-order chi connectivity index (χ0) is 13.1. The average Bonchev–Trinajstić information content (AvgIpc) is 2.60. The molecule has 0 radical (unpaired) electrons. The first-order valence-corrected chi connectivity index (χ1v) is 5.02. The van der Waals surface area contributed by atoms with Crippen molar-refractivity contribution in [1.29, 1.82) is 0 Å². The van der Waals surface area contributed by atoms with E-state index >= 15 is 0 Å². The summed E-state index contributed by atoms with van der Waals surface area (Å²) in [6.07, 6.45) is 1.54. The van der Waals surface area contributed by atoms with Gasteiger partial charge in [0.05, 0.1) is 12.7 Å². The Morgan fingerprint density at radius 2 is 2.18 bits per heavy atom. The number of nitrogens with zero attached hydrogens (tertiary/aromatic N) is 1. The maximum absolute atomic E-state index is 11.4. The van der Waals surface area contributed by atoms with Crippen molar-refractivity contribution in [2.75, 3.05) is 0 Å². The maximum Gasteiger partial charge on any atom is 0.328 e. The van der Waals surface area contributed by atoms with Gasteiger partial charge in [-0.15, -0.1) is 0 Å². The van der Waals surface area contributed by atoms with Gasteiger partial charge in [-0.05, 0) is 20.8 Å². The van der Waals surface area contributed by atoms with Crippen molar-refractivity contribution in [1.82, 2.24) is 15.6 Å². The standard InChI is InChI=1S/C10H15N3O4/c1-6-4-11-7(17-6)5-12-9(16)13-10(2,3)8(14)15/h4H,5H2,1-3H3,(H,14,15)(H2,12,13,16). The van der Waals surface area contributed by atoms with Gasteiger partial charge in [0.2, 0.25) is 5.89 Å². The van der Waals surface area contributed by atoms with Crippen molar-refractivity contribution >= 4 is 12.0 Å². The molecule has 1 aromatic heterocycles. The minimum Gasteiger partial charge on any atom is -0.480 e. The number of rotatable bonds is 4. The third-order valence-electron chi connectivity index (χ3n) is 2.03. The number of oxazole rings is 1. The zero-order valence-corrected chi connectivity index (χ0v) is 9.90. The number of carboxylic acid groups (broad SMARTS) is 1. The van der Waals surface area contributed by atoms with Crippen LogP contribution in [0.25, 0.3) is 0 Å². The smallest absolute Gasteiger partial charge is 0.328 e. The number of hydrogen-bond acceptors (Lipinski definition) is 4. The van der Waals surface area contributed by atoms with Crippen LogP contribution in [0.4, 0.5) is 4.79 Å². The number of carbonyl (C=O) groups is 2. The lowest BCUT2D eigenvalue weighted by Crippen LogP contribution is -2.53. The molecule has 0 unspecified atom stereocenters. The minimum absolute atomic E-state index is 0.107. The van der Waals surface area contributed by atoms with Gasteiger partial charge in [-0.1, -0.05) is 0 Å². The van der Waals surface area contributed by atoms with Crippen LogP contribution in [0, 0.1) is 6.92 Å². The molecule has 2 amide bonds. The van der Waals surface area contributed by atoms with Crippen molar-refractivity contribution in [2.24, 2.45) is 0 Å². The molecule has 0 aromatic carbocycles. The number of carboxylic acids is 1. The highest BCUT2D eigenvalue weighted by Crippen LogP contribution is 2.02. The number of hydrogen-bond donors (Lipinski definition) is 3. The average molecular weight is 241 g/mol. The summed E-state index contributed by atoms with van der Waals surface area (Å²) in [5.41, 5.74) is -1.32. The number of carbonyl (C=O) groups excluding carboxylic acids is 1. The lowest BCUT2D eigenvalue weighted by Gasteiger charge is -2.20. The Kier molecular flexibility index (Phi) is 3.72. The number of aromatic nitrogens is 1. The fourth-order valence-electron chi connectivity index (χ4n) is 1.02. The molecule has 17 heavy (non-hydrogen) atoms. The predicted octanol–water partition coefficient (Wildman–Crippen LogP) is 0.645. The van der Waals surface area contributed by atoms with E-state index in [1.165, 1.54) is 20.0 Å². The van der Waals surface area contributed by atoms with Gasteiger partial charge in [0.25, 0.3) is 0 Å². The van der Waals surface area contributed by atoms with Crippen molar-refractivity contribution in [3.05, 3.63) is 17.8 Å². The topological polar surface area (TPSA) is 104 Å². The highest BCUT2D eigenvalue weighted by Gasteiger charge is 2.28. The van der Waals surface area contributed by atoms with E-state index in [1.54, 1.807) is 6.92 Å². The number of aryl methyl sites for hydroxylation is 1. The molecule has 1 rings (SSSR count). The van der Waals surface area contributed by atoms with Gasteiger partial charge in [-0.25, -0.2) is 14.6 Å². The third kappa shape index (κ3) is 3.78. The van der Waals surface area contributed by atoms with Crippen LogP contribution in [-0.4, -0.2) is 27.6 Å². The van der Waals surface area contributed by atoms with E-state index in [4.69, 9.17) is 9.52 Å². The summed E-state index contributed by atoms with van der Waals surface area (Å²) in [4.78, 5) is 26.0. The molecule has 0 aliphatic heterocycles. The number of urea groups is 1. The maximum atomic E-state index is 11.4. The van der Waals surface area contributed by atoms with E-state index in [9.17, 15) is 9.59 Å². The first-order chi connectivity index (χ1) is 7.81. The van der Waals surface area contributed by atoms with Crippen LogP contribution in [0.15, 0.2) is 10.6 Å². The Labute approximate surface area is 98.2 Å². The van der Waals surface area contributed by atoms with Gasteiger partial charge < -0.3 is 20.2 Å². The summed E-state index contributed by atoms with van der Waals surface area (Å²) < 4.78 is 5.14. The van der Waals surface area contributed by atoms with Crippen molar-refractivity contribution in [3.8, 4) is 0 Å². The van der Waals surface area contributed by atoms with Gasteiger partial charge in [0.15, 0.2) is 0 Å². The van der Waals surface area contributed by atoms with Crippen molar-refractivity contribution in [3.63, 3.8) is 0 Å². The van der Waals surface area contributed by atoms with Gasteiger partial charge >= 0.3 is 12.0 Å². The summed E-state index contributed by atoms with van der Waals surface area (Å²) in [6.45, 7) is 4.63. The van der Waals surface area contributed by atoms with E-state index in [-0.39, 0.29) is 6.54 Å². The van der Waals surface area contributed by atoms with Gasteiger partial charge in [0, 0.05) is 0 Å². The molecule has 7 nitrogen and oxygen atoms in total. The summed E-state index contributed by atoms with van der Waals surface area (Å²) in [5.74, 6) is -0.0986. The third-order valence-corrected chi connectivity index (χ3v) is 2.03. The molecule has 0 atom stereocenters. The summed E-state index contributed by atoms with van der Waals surface area (Å²) in [6, 6.07) is -0.590. The van der Waals surface area contributed by atoms with Crippen LogP contribution in [0.2, 0.25) is 0 Å². The Hall–Kier alpha value is -2.05. The molecule has 1 heterocycles. The monoisotopic (exact) mass is 241 g/mol. The molecular formula is C10H15N3O4. The first-order valence-electron chi connectivity index (χ1n) is 5.02. The molecule has 7 heteroatoms. The second kappa shape index (κ2) is 4.86. The largest absolute Gasteiger partial charge is 0.480 e. The molecule has 0 saturated heterocycles. The normalized spacial score (nSPS) is 11.0. The summed E-state index contributed by atoms with van der Waals surface area (Å²) in [5, 5.41) is 13.6. The highest BCUT2D eigenvalue weighted by atomic mass is 16.4. The summed E-state index contributed by atoms with van der Waals surface area (Å²) >= 11 is 0. The molecule has 0 fully saturated rings. The molecule has 0 bridgehead atoms. The molecular weight excluding hydrogens is 226 g/mol. The molecule has 0 aliphatic rings. The fraction of sp³-hybridized carbons (Fsp3) is 0.500. The molecule has 0 aliphatic carbocycles. The van der Waals surface area contributed by atoms with Gasteiger partial charge in [0.1, 0.15) is 11.3 Å². The lowest BCUT2D eigenvalue weighted by molar-refractivity contribution is -0.142. The molecule has 3 N–H and O–H groups in total. The highest BCUT2D eigenvalue weighted by molar-refractivity contribution is 5.85. The Morgan fingerprint density at radius 3 is 2.65 bits per heavy atom. The number of nitrogens with one attached hydrogen (secondary N) is 2. The predicted molar refractivity (Wildman–Crippen MR) is 58.3 cm³/mol.